The van der Waals surface area contributed by atoms with Crippen LogP contribution >= 0.6 is 0 Å². The fourth-order valence-electron chi connectivity index (χ4n) is 1.44. The summed E-state index contributed by atoms with van der Waals surface area (Å²) in [7, 11) is 1.28. The van der Waals surface area contributed by atoms with Gasteiger partial charge in [0, 0.05) is 5.56 Å². The molecule has 0 fully saturated rings. The number of aromatic nitrogens is 2. The number of carbonyl (C=O) groups is 2. The van der Waals surface area contributed by atoms with E-state index < -0.39 is 5.97 Å². The van der Waals surface area contributed by atoms with Gasteiger partial charge < -0.3 is 4.74 Å². The first-order chi connectivity index (χ1) is 6.91. The summed E-state index contributed by atoms with van der Waals surface area (Å²) in [4.78, 5) is 22.2. The number of nitrogens with zero attached hydrogens (tertiary/aromatic N) is 1. The zero-order chi connectivity index (χ0) is 11.6. The van der Waals surface area contributed by atoms with E-state index in [-0.39, 0.29) is 11.1 Å². The predicted molar refractivity (Wildman–Crippen MR) is 54.0 cm³/mol. The molecule has 1 rings (SSSR count). The quantitative estimate of drug-likeness (QED) is 0.590. The normalized spacial score (nSPS) is 11.2. The van der Waals surface area contributed by atoms with Crippen molar-refractivity contribution in [2.75, 3.05) is 7.11 Å². The molecule has 1 N–H and O–H groups in total. The van der Waals surface area contributed by atoms with E-state index in [1.807, 2.05) is 20.8 Å². The summed E-state index contributed by atoms with van der Waals surface area (Å²) in [6, 6.07) is 0. The molecule has 0 saturated heterocycles. The second-order valence-corrected chi connectivity index (χ2v) is 4.22. The minimum absolute atomic E-state index is 0.173. The Labute approximate surface area is 87.8 Å². The van der Waals surface area contributed by atoms with Gasteiger partial charge in [-0.15, -0.1) is 0 Å². The maximum absolute atomic E-state index is 11.4. The van der Waals surface area contributed by atoms with Gasteiger partial charge in [0.2, 0.25) is 0 Å². The molecule has 82 valence electrons. The van der Waals surface area contributed by atoms with Gasteiger partial charge in [-0.1, -0.05) is 20.8 Å². The van der Waals surface area contributed by atoms with Crippen molar-refractivity contribution in [1.82, 2.24) is 10.2 Å². The molecule has 0 atom stereocenters. The minimum Gasteiger partial charge on any atom is -0.464 e. The fourth-order valence-corrected chi connectivity index (χ4v) is 1.44. The van der Waals surface area contributed by atoms with Crippen molar-refractivity contribution in [1.29, 1.82) is 0 Å². The Hall–Kier alpha value is -1.65. The first-order valence-electron chi connectivity index (χ1n) is 4.54. The zero-order valence-corrected chi connectivity index (χ0v) is 9.25. The lowest BCUT2D eigenvalue weighted by Gasteiger charge is -2.18. The third kappa shape index (κ3) is 2.06. The summed E-state index contributed by atoms with van der Waals surface area (Å²) < 4.78 is 4.59. The molecule has 0 spiro atoms. The Morgan fingerprint density at radius 2 is 2.07 bits per heavy atom. The van der Waals surface area contributed by atoms with Crippen LogP contribution in [0, 0.1) is 0 Å². The number of aldehydes is 1. The van der Waals surface area contributed by atoms with E-state index in [0.29, 0.717) is 17.5 Å². The molecule has 0 aliphatic carbocycles. The monoisotopic (exact) mass is 210 g/mol. The fraction of sp³-hybridized carbons (Fsp3) is 0.500. The maximum Gasteiger partial charge on any atom is 0.358 e. The second-order valence-electron chi connectivity index (χ2n) is 4.22. The van der Waals surface area contributed by atoms with Gasteiger partial charge >= 0.3 is 5.97 Å². The summed E-state index contributed by atoms with van der Waals surface area (Å²) >= 11 is 0. The van der Waals surface area contributed by atoms with Crippen LogP contribution in [0.5, 0.6) is 0 Å². The molecule has 0 unspecified atom stereocenters. The van der Waals surface area contributed by atoms with E-state index in [1.54, 1.807) is 0 Å². The van der Waals surface area contributed by atoms with Gasteiger partial charge in [0.15, 0.2) is 12.0 Å². The molecular weight excluding hydrogens is 196 g/mol. The molecule has 1 heterocycles. The van der Waals surface area contributed by atoms with Gasteiger partial charge in [-0.05, 0) is 5.41 Å². The maximum atomic E-state index is 11.4. The van der Waals surface area contributed by atoms with E-state index >= 15 is 0 Å². The molecule has 15 heavy (non-hydrogen) atoms. The first kappa shape index (κ1) is 11.4. The Morgan fingerprint density at radius 3 is 2.47 bits per heavy atom. The molecule has 0 aliphatic rings. The predicted octanol–water partition coefficient (Wildman–Crippen LogP) is 1.31. The molecule has 1 aromatic rings. The SMILES string of the molecule is COC(=O)c1n[nH]c(C=O)c1C(C)(C)C. The highest BCUT2D eigenvalue weighted by atomic mass is 16.5. The molecule has 0 radical (unpaired) electrons. The number of methoxy groups -OCH3 is 1. The van der Waals surface area contributed by atoms with Gasteiger partial charge in [-0.3, -0.25) is 9.89 Å². The van der Waals surface area contributed by atoms with Gasteiger partial charge in [-0.2, -0.15) is 5.10 Å². The molecule has 0 aromatic carbocycles. The lowest BCUT2D eigenvalue weighted by molar-refractivity contribution is 0.0591. The molecule has 0 saturated carbocycles. The van der Waals surface area contributed by atoms with Gasteiger partial charge in [0.1, 0.15) is 5.69 Å². The number of hydrogen-bond acceptors (Lipinski definition) is 4. The van der Waals surface area contributed by atoms with E-state index in [1.165, 1.54) is 7.11 Å². The molecule has 0 amide bonds. The molecular formula is C10H14N2O3. The number of ether oxygens (including phenoxy) is 1. The highest BCUT2D eigenvalue weighted by molar-refractivity contribution is 5.92. The minimum atomic E-state index is -0.538. The van der Waals surface area contributed by atoms with Crippen LogP contribution in [0.2, 0.25) is 0 Å². The second kappa shape index (κ2) is 3.84. The Morgan fingerprint density at radius 1 is 1.47 bits per heavy atom. The number of rotatable bonds is 2. The highest BCUT2D eigenvalue weighted by Crippen LogP contribution is 2.27. The van der Waals surface area contributed by atoms with Gasteiger partial charge in [0.25, 0.3) is 0 Å². The van der Waals surface area contributed by atoms with Crippen molar-refractivity contribution < 1.29 is 14.3 Å². The molecule has 1 aromatic heterocycles. The highest BCUT2D eigenvalue weighted by Gasteiger charge is 2.28. The molecule has 5 nitrogen and oxygen atoms in total. The van der Waals surface area contributed by atoms with Crippen LogP contribution in [0.15, 0.2) is 0 Å². The van der Waals surface area contributed by atoms with Crippen molar-refractivity contribution in [2.24, 2.45) is 0 Å². The number of nitrogens with one attached hydrogen (secondary N) is 1. The van der Waals surface area contributed by atoms with Crippen molar-refractivity contribution in [2.45, 2.75) is 26.2 Å². The molecule has 0 aliphatic heterocycles. The number of H-pyrrole nitrogens is 1. The number of aromatic amines is 1. The van der Waals surface area contributed by atoms with Crippen molar-refractivity contribution in [3.8, 4) is 0 Å². The van der Waals surface area contributed by atoms with Crippen LogP contribution in [0.4, 0.5) is 0 Å². The van der Waals surface area contributed by atoms with E-state index in [4.69, 9.17) is 0 Å². The van der Waals surface area contributed by atoms with Crippen molar-refractivity contribution in [3.63, 3.8) is 0 Å². The topological polar surface area (TPSA) is 72.0 Å². The smallest absolute Gasteiger partial charge is 0.358 e. The van der Waals surface area contributed by atoms with E-state index in [9.17, 15) is 9.59 Å². The van der Waals surface area contributed by atoms with Crippen LogP contribution in [0.1, 0.15) is 47.3 Å². The summed E-state index contributed by atoms with van der Waals surface area (Å²) in [5, 5.41) is 6.32. The summed E-state index contributed by atoms with van der Waals surface area (Å²) in [6.45, 7) is 5.70. The van der Waals surface area contributed by atoms with Crippen LogP contribution < -0.4 is 0 Å². The zero-order valence-electron chi connectivity index (χ0n) is 9.25. The first-order valence-corrected chi connectivity index (χ1v) is 4.54. The number of carbonyl (C=O) groups excluding carboxylic acids is 2. The standard InChI is InChI=1S/C10H14N2O3/c1-10(2,3)7-6(5-13)11-12-8(7)9(14)15-4/h5H,1-4H3,(H,11,12). The van der Waals surface area contributed by atoms with Crippen molar-refractivity contribution in [3.05, 3.63) is 17.0 Å². The lowest BCUT2D eigenvalue weighted by atomic mass is 9.85. The largest absolute Gasteiger partial charge is 0.464 e. The van der Waals surface area contributed by atoms with Crippen LogP contribution in [-0.2, 0) is 10.2 Å². The van der Waals surface area contributed by atoms with E-state index in [0.717, 1.165) is 0 Å². The summed E-state index contributed by atoms with van der Waals surface area (Å²) in [5.41, 5.74) is 0.742. The average Bonchev–Trinajstić information content (AvgIpc) is 2.59. The van der Waals surface area contributed by atoms with Crippen LogP contribution in [0.25, 0.3) is 0 Å². The average molecular weight is 210 g/mol. The Balaban J connectivity index is 3.36. The van der Waals surface area contributed by atoms with Crippen LogP contribution in [0.3, 0.4) is 0 Å². The lowest BCUT2D eigenvalue weighted by Crippen LogP contribution is -2.18. The van der Waals surface area contributed by atoms with Crippen LogP contribution in [-0.4, -0.2) is 29.6 Å². The third-order valence-corrected chi connectivity index (χ3v) is 2.04. The summed E-state index contributed by atoms with van der Waals surface area (Å²) in [6.07, 6.45) is 0.653. The third-order valence-electron chi connectivity index (χ3n) is 2.04. The van der Waals surface area contributed by atoms with E-state index in [2.05, 4.69) is 14.9 Å². The molecule has 0 bridgehead atoms. The Kier molecular flexibility index (Phi) is 2.93. The summed E-state index contributed by atoms with van der Waals surface area (Å²) in [5.74, 6) is -0.538. The number of esters is 1. The van der Waals surface area contributed by atoms with Crippen molar-refractivity contribution >= 4 is 12.3 Å². The molecule has 5 heteroatoms. The number of hydrogen-bond donors (Lipinski definition) is 1. The Bertz CT molecular complexity index is 388. The van der Waals surface area contributed by atoms with Gasteiger partial charge in [0.05, 0.1) is 7.11 Å². The van der Waals surface area contributed by atoms with Gasteiger partial charge in [-0.25, -0.2) is 4.79 Å².